The van der Waals surface area contributed by atoms with E-state index in [0.29, 0.717) is 21.1 Å². The normalized spacial score (nSPS) is 12.3. The van der Waals surface area contributed by atoms with E-state index in [1.807, 2.05) is 0 Å². The SMILES string of the molecule is Cc1cc(N)cc(C)c1S(=O)(=O)N(CCO)CC(F)F. The zero-order valence-corrected chi connectivity index (χ0v) is 12.1. The molecule has 0 amide bonds. The number of rotatable bonds is 6. The van der Waals surface area contributed by atoms with E-state index in [1.54, 1.807) is 13.8 Å². The fourth-order valence-corrected chi connectivity index (χ4v) is 3.92. The predicted octanol–water partition coefficient (Wildman–Crippen LogP) is 1.13. The van der Waals surface area contributed by atoms with Gasteiger partial charge in [0.2, 0.25) is 10.0 Å². The van der Waals surface area contributed by atoms with Crippen molar-refractivity contribution in [1.82, 2.24) is 4.31 Å². The maximum absolute atomic E-state index is 12.5. The van der Waals surface area contributed by atoms with Crippen LogP contribution in [0.5, 0.6) is 0 Å². The molecule has 0 saturated heterocycles. The van der Waals surface area contributed by atoms with Crippen LogP contribution in [0.3, 0.4) is 0 Å². The zero-order chi connectivity index (χ0) is 15.5. The molecular formula is C12H18F2N2O3S. The molecule has 114 valence electrons. The first-order chi connectivity index (χ1) is 9.20. The highest BCUT2D eigenvalue weighted by Gasteiger charge is 2.29. The molecule has 0 atom stereocenters. The van der Waals surface area contributed by atoms with Gasteiger partial charge < -0.3 is 10.8 Å². The highest BCUT2D eigenvalue weighted by Crippen LogP contribution is 2.26. The molecule has 0 spiro atoms. The molecule has 0 aliphatic rings. The summed E-state index contributed by atoms with van der Waals surface area (Å²) in [5.41, 5.74) is 6.80. The minimum absolute atomic E-state index is 0.0409. The summed E-state index contributed by atoms with van der Waals surface area (Å²) >= 11 is 0. The summed E-state index contributed by atoms with van der Waals surface area (Å²) in [5.74, 6) is 0. The molecule has 20 heavy (non-hydrogen) atoms. The fraction of sp³-hybridized carbons (Fsp3) is 0.500. The number of nitrogen functional groups attached to an aromatic ring is 1. The van der Waals surface area contributed by atoms with Gasteiger partial charge in [0.1, 0.15) is 0 Å². The van der Waals surface area contributed by atoms with Crippen LogP contribution in [0, 0.1) is 13.8 Å². The average molecular weight is 308 g/mol. The van der Waals surface area contributed by atoms with Crippen molar-refractivity contribution in [2.75, 3.05) is 25.4 Å². The fourth-order valence-electron chi connectivity index (χ4n) is 2.09. The van der Waals surface area contributed by atoms with Gasteiger partial charge in [-0.15, -0.1) is 0 Å². The topological polar surface area (TPSA) is 83.6 Å². The number of hydrogen-bond acceptors (Lipinski definition) is 4. The quantitative estimate of drug-likeness (QED) is 0.772. The Balaban J connectivity index is 3.33. The van der Waals surface area contributed by atoms with Crippen molar-refractivity contribution in [2.45, 2.75) is 25.2 Å². The summed E-state index contributed by atoms with van der Waals surface area (Å²) in [7, 11) is -4.10. The molecule has 0 heterocycles. The molecule has 5 nitrogen and oxygen atoms in total. The van der Waals surface area contributed by atoms with E-state index in [2.05, 4.69) is 0 Å². The van der Waals surface area contributed by atoms with E-state index < -0.39 is 29.6 Å². The van der Waals surface area contributed by atoms with Gasteiger partial charge in [-0.05, 0) is 37.1 Å². The maximum atomic E-state index is 12.5. The Labute approximate surface area is 117 Å². The van der Waals surface area contributed by atoms with Crippen LogP contribution in [0.15, 0.2) is 17.0 Å². The van der Waals surface area contributed by atoms with Crippen LogP contribution in [-0.2, 0) is 10.0 Å². The van der Waals surface area contributed by atoms with Gasteiger partial charge in [-0.3, -0.25) is 0 Å². The summed E-state index contributed by atoms with van der Waals surface area (Å²) in [4.78, 5) is -0.0409. The number of anilines is 1. The Morgan fingerprint density at radius 1 is 1.30 bits per heavy atom. The molecule has 1 aromatic carbocycles. The molecule has 1 rings (SSSR count). The molecule has 0 saturated carbocycles. The molecule has 8 heteroatoms. The molecule has 0 unspecified atom stereocenters. The first-order valence-corrected chi connectivity index (χ1v) is 7.40. The number of nitrogens with two attached hydrogens (primary N) is 1. The van der Waals surface area contributed by atoms with Crippen molar-refractivity contribution < 1.29 is 22.3 Å². The zero-order valence-electron chi connectivity index (χ0n) is 11.3. The van der Waals surface area contributed by atoms with Crippen molar-refractivity contribution in [1.29, 1.82) is 0 Å². The van der Waals surface area contributed by atoms with E-state index >= 15 is 0 Å². The summed E-state index contributed by atoms with van der Waals surface area (Å²) in [6.07, 6.45) is -2.81. The predicted molar refractivity (Wildman–Crippen MR) is 72.2 cm³/mol. The summed E-state index contributed by atoms with van der Waals surface area (Å²) in [5, 5.41) is 8.87. The molecule has 0 aliphatic heterocycles. The van der Waals surface area contributed by atoms with E-state index in [9.17, 15) is 17.2 Å². The number of hydrogen-bond donors (Lipinski definition) is 2. The lowest BCUT2D eigenvalue weighted by Gasteiger charge is -2.23. The van der Waals surface area contributed by atoms with Gasteiger partial charge in [-0.1, -0.05) is 0 Å². The smallest absolute Gasteiger partial charge is 0.252 e. The van der Waals surface area contributed by atoms with Gasteiger partial charge in [0, 0.05) is 12.2 Å². The minimum Gasteiger partial charge on any atom is -0.399 e. The highest BCUT2D eigenvalue weighted by molar-refractivity contribution is 7.89. The number of aliphatic hydroxyl groups excluding tert-OH is 1. The number of benzene rings is 1. The molecule has 0 radical (unpaired) electrons. The molecular weight excluding hydrogens is 290 g/mol. The molecule has 3 N–H and O–H groups in total. The lowest BCUT2D eigenvalue weighted by molar-refractivity contribution is 0.113. The third-order valence-corrected chi connectivity index (χ3v) is 4.94. The Morgan fingerprint density at radius 3 is 2.20 bits per heavy atom. The molecule has 0 aliphatic carbocycles. The largest absolute Gasteiger partial charge is 0.399 e. The van der Waals surface area contributed by atoms with Crippen molar-refractivity contribution in [3.8, 4) is 0 Å². The Hall–Kier alpha value is -1.25. The number of aliphatic hydroxyl groups is 1. The monoisotopic (exact) mass is 308 g/mol. The van der Waals surface area contributed by atoms with Crippen LogP contribution in [0.4, 0.5) is 14.5 Å². The number of nitrogens with zero attached hydrogens (tertiary/aromatic N) is 1. The number of aryl methyl sites for hydroxylation is 2. The minimum atomic E-state index is -4.10. The summed E-state index contributed by atoms with van der Waals surface area (Å²) in [6, 6.07) is 2.94. The van der Waals surface area contributed by atoms with Crippen LogP contribution in [0.2, 0.25) is 0 Å². The Morgan fingerprint density at radius 2 is 1.80 bits per heavy atom. The summed E-state index contributed by atoms with van der Waals surface area (Å²) in [6.45, 7) is 1.24. The van der Waals surface area contributed by atoms with Gasteiger partial charge in [-0.2, -0.15) is 4.31 Å². The third kappa shape index (κ3) is 3.65. The lowest BCUT2D eigenvalue weighted by atomic mass is 10.1. The van der Waals surface area contributed by atoms with E-state index in [0.717, 1.165) is 0 Å². The van der Waals surface area contributed by atoms with E-state index in [4.69, 9.17) is 10.8 Å². The number of alkyl halides is 2. The van der Waals surface area contributed by atoms with Gasteiger partial charge in [0.25, 0.3) is 6.43 Å². The maximum Gasteiger partial charge on any atom is 0.252 e. The molecule has 0 bridgehead atoms. The second-order valence-corrected chi connectivity index (χ2v) is 6.34. The second kappa shape index (κ2) is 6.47. The van der Waals surface area contributed by atoms with Crippen LogP contribution in [0.25, 0.3) is 0 Å². The van der Waals surface area contributed by atoms with Crippen LogP contribution in [-0.4, -0.2) is 44.0 Å². The van der Waals surface area contributed by atoms with E-state index in [-0.39, 0.29) is 11.4 Å². The highest BCUT2D eigenvalue weighted by atomic mass is 32.2. The summed E-state index contributed by atoms with van der Waals surface area (Å²) < 4.78 is 50.5. The molecule has 0 aromatic heterocycles. The van der Waals surface area contributed by atoms with Crippen molar-refractivity contribution in [3.05, 3.63) is 23.3 Å². The van der Waals surface area contributed by atoms with Crippen LogP contribution >= 0.6 is 0 Å². The van der Waals surface area contributed by atoms with Crippen LogP contribution in [0.1, 0.15) is 11.1 Å². The Kier molecular flexibility index (Phi) is 5.43. The Bertz CT molecular complexity index is 553. The van der Waals surface area contributed by atoms with Gasteiger partial charge in [0.15, 0.2) is 0 Å². The van der Waals surface area contributed by atoms with E-state index in [1.165, 1.54) is 12.1 Å². The lowest BCUT2D eigenvalue weighted by Crippen LogP contribution is -2.37. The van der Waals surface area contributed by atoms with Gasteiger partial charge in [-0.25, -0.2) is 17.2 Å². The van der Waals surface area contributed by atoms with Gasteiger partial charge >= 0.3 is 0 Å². The van der Waals surface area contributed by atoms with Crippen molar-refractivity contribution in [2.24, 2.45) is 0 Å². The first-order valence-electron chi connectivity index (χ1n) is 5.96. The standard InChI is InChI=1S/C12H18F2N2O3S/c1-8-5-10(15)6-9(2)12(8)20(18,19)16(3-4-17)7-11(13)14/h5-6,11,17H,3-4,7,15H2,1-2H3. The first kappa shape index (κ1) is 16.8. The second-order valence-electron chi connectivity index (χ2n) is 4.46. The van der Waals surface area contributed by atoms with Gasteiger partial charge in [0.05, 0.1) is 18.0 Å². The molecule has 1 aromatic rings. The van der Waals surface area contributed by atoms with Crippen LogP contribution < -0.4 is 5.73 Å². The number of sulfonamides is 1. The molecule has 0 fully saturated rings. The average Bonchev–Trinajstić information content (AvgIpc) is 2.25. The third-order valence-electron chi connectivity index (χ3n) is 2.77. The van der Waals surface area contributed by atoms with Crippen molar-refractivity contribution >= 4 is 15.7 Å². The number of halogens is 2. The van der Waals surface area contributed by atoms with Crippen molar-refractivity contribution in [3.63, 3.8) is 0 Å².